The minimum absolute atomic E-state index is 0. The zero-order valence-electron chi connectivity index (χ0n) is 19.2. The zero-order chi connectivity index (χ0) is 22.2. The first-order valence-corrected chi connectivity index (χ1v) is 11.4. The quantitative estimate of drug-likeness (QED) is 0.324. The average molecular weight is 568 g/mol. The summed E-state index contributed by atoms with van der Waals surface area (Å²) >= 11 is 0. The van der Waals surface area contributed by atoms with Gasteiger partial charge >= 0.3 is 0 Å². The van der Waals surface area contributed by atoms with Gasteiger partial charge in [-0.2, -0.15) is 0 Å². The predicted molar refractivity (Wildman–Crippen MR) is 141 cm³/mol. The molecule has 4 rings (SSSR count). The fourth-order valence-electron chi connectivity index (χ4n) is 4.27. The molecule has 6 nitrogen and oxygen atoms in total. The van der Waals surface area contributed by atoms with Crippen LogP contribution in [-0.2, 0) is 22.6 Å². The van der Waals surface area contributed by atoms with Crippen LogP contribution in [0.15, 0.2) is 53.5 Å². The van der Waals surface area contributed by atoms with Crippen molar-refractivity contribution >= 4 is 35.6 Å². The molecule has 2 saturated heterocycles. The molecule has 1 N–H and O–H groups in total. The van der Waals surface area contributed by atoms with Crippen LogP contribution >= 0.6 is 24.0 Å². The number of hydrogen-bond acceptors (Lipinski definition) is 4. The summed E-state index contributed by atoms with van der Waals surface area (Å²) in [6.45, 7) is 6.04. The van der Waals surface area contributed by atoms with Gasteiger partial charge < -0.3 is 24.6 Å². The van der Waals surface area contributed by atoms with E-state index in [1.54, 1.807) is 6.07 Å². The van der Waals surface area contributed by atoms with Crippen LogP contribution in [0, 0.1) is 5.82 Å². The Morgan fingerprint density at radius 2 is 1.79 bits per heavy atom. The number of para-hydroxylation sites is 1. The number of nitrogens with one attached hydrogen (secondary N) is 1. The minimum atomic E-state index is -0.163. The molecule has 2 heterocycles. The molecule has 0 saturated carbocycles. The molecule has 0 radical (unpaired) electrons. The average Bonchev–Trinajstić information content (AvgIpc) is 2.85. The Labute approximate surface area is 213 Å². The van der Waals surface area contributed by atoms with E-state index in [0.29, 0.717) is 24.9 Å². The van der Waals surface area contributed by atoms with E-state index in [4.69, 9.17) is 9.47 Å². The summed E-state index contributed by atoms with van der Waals surface area (Å²) in [6, 6.07) is 15.5. The predicted octanol–water partition coefficient (Wildman–Crippen LogP) is 4.04. The molecular weight excluding hydrogens is 534 g/mol. The van der Waals surface area contributed by atoms with Crippen LogP contribution in [0.3, 0.4) is 0 Å². The maximum Gasteiger partial charge on any atom is 0.194 e. The van der Waals surface area contributed by atoms with Gasteiger partial charge in [0.2, 0.25) is 0 Å². The van der Waals surface area contributed by atoms with E-state index < -0.39 is 0 Å². The fourth-order valence-corrected chi connectivity index (χ4v) is 4.27. The van der Waals surface area contributed by atoms with Crippen molar-refractivity contribution in [1.29, 1.82) is 0 Å². The lowest BCUT2D eigenvalue weighted by molar-refractivity contribution is -0.0390. The number of benzene rings is 2. The molecule has 33 heavy (non-hydrogen) atoms. The monoisotopic (exact) mass is 568 g/mol. The first-order valence-electron chi connectivity index (χ1n) is 11.4. The molecule has 0 bridgehead atoms. The van der Waals surface area contributed by atoms with Gasteiger partial charge in [-0.3, -0.25) is 4.99 Å². The summed E-state index contributed by atoms with van der Waals surface area (Å²) in [6.07, 6.45) is 2.25. The van der Waals surface area contributed by atoms with E-state index in [9.17, 15) is 4.39 Å². The van der Waals surface area contributed by atoms with Gasteiger partial charge in [0.05, 0.1) is 18.4 Å². The lowest BCUT2D eigenvalue weighted by Crippen LogP contribution is -2.52. The molecule has 2 aromatic carbocycles. The number of aliphatic imine (C=N–C) groups is 1. The molecular formula is C25H34FIN4O2. The Morgan fingerprint density at radius 1 is 1.06 bits per heavy atom. The largest absolute Gasteiger partial charge is 0.381 e. The van der Waals surface area contributed by atoms with Crippen molar-refractivity contribution in [3.05, 3.63) is 65.5 Å². The first kappa shape index (κ1) is 25.7. The minimum Gasteiger partial charge on any atom is -0.381 e. The zero-order valence-corrected chi connectivity index (χ0v) is 21.5. The third-order valence-electron chi connectivity index (χ3n) is 6.08. The summed E-state index contributed by atoms with van der Waals surface area (Å²) < 4.78 is 25.5. The van der Waals surface area contributed by atoms with Crippen LogP contribution in [0.2, 0.25) is 0 Å². The van der Waals surface area contributed by atoms with Gasteiger partial charge in [-0.15, -0.1) is 24.0 Å². The molecule has 0 aliphatic carbocycles. The lowest BCUT2D eigenvalue weighted by atomic mass is 10.1. The summed E-state index contributed by atoms with van der Waals surface area (Å²) in [5, 5.41) is 3.48. The van der Waals surface area contributed by atoms with E-state index in [1.165, 1.54) is 17.2 Å². The number of hydrogen-bond donors (Lipinski definition) is 1. The first-order chi connectivity index (χ1) is 15.7. The molecule has 8 heteroatoms. The van der Waals surface area contributed by atoms with E-state index in [-0.39, 0.29) is 29.8 Å². The third kappa shape index (κ3) is 7.28. The van der Waals surface area contributed by atoms with Crippen LogP contribution in [0.4, 0.5) is 10.1 Å². The SMILES string of the molecule is CN=C(NCc1cccc(COC2CCOCC2)c1)N1CCN(c2ccccc2F)CC1.I. The summed E-state index contributed by atoms with van der Waals surface area (Å²) in [5.41, 5.74) is 3.06. The fraction of sp³-hybridized carbons (Fsp3) is 0.480. The molecule has 180 valence electrons. The lowest BCUT2D eigenvalue weighted by Gasteiger charge is -2.37. The van der Waals surface area contributed by atoms with Gasteiger partial charge in [-0.25, -0.2) is 4.39 Å². The Kier molecular flexibility index (Phi) is 10.2. The maximum atomic E-state index is 14.1. The van der Waals surface area contributed by atoms with Crippen molar-refractivity contribution in [3.8, 4) is 0 Å². The molecule has 0 aromatic heterocycles. The number of rotatable bonds is 6. The maximum absolute atomic E-state index is 14.1. The summed E-state index contributed by atoms with van der Waals surface area (Å²) in [4.78, 5) is 8.79. The number of ether oxygens (including phenoxy) is 2. The third-order valence-corrected chi connectivity index (χ3v) is 6.08. The van der Waals surface area contributed by atoms with Crippen molar-refractivity contribution in [2.45, 2.75) is 32.1 Å². The van der Waals surface area contributed by atoms with Gasteiger partial charge in [0.25, 0.3) is 0 Å². The van der Waals surface area contributed by atoms with E-state index >= 15 is 0 Å². The molecule has 0 unspecified atom stereocenters. The Bertz CT molecular complexity index is 899. The highest BCUT2D eigenvalue weighted by Crippen LogP contribution is 2.20. The van der Waals surface area contributed by atoms with Gasteiger partial charge in [0.1, 0.15) is 5.82 Å². The number of nitrogens with zero attached hydrogens (tertiary/aromatic N) is 3. The van der Waals surface area contributed by atoms with Gasteiger partial charge in [0, 0.05) is 53.0 Å². The number of anilines is 1. The highest BCUT2D eigenvalue weighted by atomic mass is 127. The Morgan fingerprint density at radius 3 is 2.52 bits per heavy atom. The van der Waals surface area contributed by atoms with Gasteiger partial charge in [0.15, 0.2) is 5.96 Å². The van der Waals surface area contributed by atoms with Crippen molar-refractivity contribution in [1.82, 2.24) is 10.2 Å². The Hall–Kier alpha value is -1.91. The van der Waals surface area contributed by atoms with Crippen molar-refractivity contribution < 1.29 is 13.9 Å². The topological polar surface area (TPSA) is 49.3 Å². The molecule has 2 fully saturated rings. The van der Waals surface area contributed by atoms with Crippen molar-refractivity contribution in [2.24, 2.45) is 4.99 Å². The summed E-state index contributed by atoms with van der Waals surface area (Å²) in [5.74, 6) is 0.714. The molecule has 0 amide bonds. The molecule has 2 aliphatic rings. The highest BCUT2D eigenvalue weighted by Gasteiger charge is 2.21. The van der Waals surface area contributed by atoms with Crippen LogP contribution in [0.5, 0.6) is 0 Å². The van der Waals surface area contributed by atoms with Crippen molar-refractivity contribution in [2.75, 3.05) is 51.3 Å². The molecule has 0 atom stereocenters. The van der Waals surface area contributed by atoms with Crippen molar-refractivity contribution in [3.63, 3.8) is 0 Å². The molecule has 0 spiro atoms. The second-order valence-electron chi connectivity index (χ2n) is 8.27. The number of halogens is 2. The van der Waals surface area contributed by atoms with Gasteiger partial charge in [-0.1, -0.05) is 36.4 Å². The van der Waals surface area contributed by atoms with Crippen LogP contribution in [-0.4, -0.2) is 63.4 Å². The molecule has 2 aliphatic heterocycles. The van der Waals surface area contributed by atoms with Gasteiger partial charge in [-0.05, 0) is 36.1 Å². The van der Waals surface area contributed by atoms with Crippen LogP contribution in [0.1, 0.15) is 24.0 Å². The normalized spacial score (nSPS) is 17.6. The second kappa shape index (κ2) is 13.1. The van der Waals surface area contributed by atoms with E-state index in [2.05, 4.69) is 44.4 Å². The second-order valence-corrected chi connectivity index (χ2v) is 8.27. The number of guanidine groups is 1. The highest BCUT2D eigenvalue weighted by molar-refractivity contribution is 14.0. The Balaban J connectivity index is 0.00000306. The number of piperazine rings is 1. The van der Waals surface area contributed by atoms with E-state index in [1.807, 2.05) is 19.2 Å². The standard InChI is InChI=1S/C25H33FN4O2.HI/c1-27-25(30-13-11-29(12-14-30)24-8-3-2-7-23(24)26)28-18-20-5-4-6-21(17-20)19-32-22-9-15-31-16-10-22;/h2-8,17,22H,9-16,18-19H2,1H3,(H,27,28);1H. The van der Waals surface area contributed by atoms with Crippen LogP contribution in [0.25, 0.3) is 0 Å². The molecule has 2 aromatic rings. The smallest absolute Gasteiger partial charge is 0.194 e. The van der Waals surface area contributed by atoms with Crippen LogP contribution < -0.4 is 10.2 Å². The summed E-state index contributed by atoms with van der Waals surface area (Å²) in [7, 11) is 1.81. The van der Waals surface area contributed by atoms with E-state index in [0.717, 1.165) is 58.2 Å².